The van der Waals surface area contributed by atoms with Crippen LogP contribution < -0.4 is 0 Å². The van der Waals surface area contributed by atoms with Crippen molar-refractivity contribution >= 4 is 17.7 Å². The third-order valence-electron chi connectivity index (χ3n) is 6.22. The standard InChI is InChI=1S/C20H34FNO2S/c1-15-4-10-18(11-5-15)24-14-20(23)22(13-19-3-2-12-25-19)17-8-6-16(21)7-9-17/h15-19H,2-14H2,1H3. The zero-order valence-corrected chi connectivity index (χ0v) is 16.4. The molecule has 0 radical (unpaired) electrons. The number of amides is 1. The van der Waals surface area contributed by atoms with E-state index >= 15 is 0 Å². The maximum atomic E-state index is 13.5. The van der Waals surface area contributed by atoms with Crippen molar-refractivity contribution in [1.29, 1.82) is 0 Å². The van der Waals surface area contributed by atoms with Crippen molar-refractivity contribution in [3.05, 3.63) is 0 Å². The van der Waals surface area contributed by atoms with E-state index in [2.05, 4.69) is 11.8 Å². The maximum Gasteiger partial charge on any atom is 0.248 e. The van der Waals surface area contributed by atoms with Gasteiger partial charge in [0, 0.05) is 17.8 Å². The Balaban J connectivity index is 1.52. The molecule has 3 nitrogen and oxygen atoms in total. The van der Waals surface area contributed by atoms with Gasteiger partial charge in [-0.3, -0.25) is 4.79 Å². The van der Waals surface area contributed by atoms with E-state index in [1.807, 2.05) is 11.8 Å². The van der Waals surface area contributed by atoms with Gasteiger partial charge < -0.3 is 9.64 Å². The number of nitrogens with zero attached hydrogens (tertiary/aromatic N) is 1. The molecule has 1 atom stereocenters. The van der Waals surface area contributed by atoms with Gasteiger partial charge in [-0.2, -0.15) is 11.8 Å². The Hall–Kier alpha value is -0.290. The molecular weight excluding hydrogens is 337 g/mol. The highest BCUT2D eigenvalue weighted by atomic mass is 32.2. The normalized spacial score (nSPS) is 36.3. The van der Waals surface area contributed by atoms with Crippen LogP contribution in [0.1, 0.15) is 71.1 Å². The molecule has 144 valence electrons. The van der Waals surface area contributed by atoms with Crippen molar-refractivity contribution in [1.82, 2.24) is 4.90 Å². The fraction of sp³-hybridized carbons (Fsp3) is 0.950. The van der Waals surface area contributed by atoms with Gasteiger partial charge in [0.05, 0.1) is 6.10 Å². The Morgan fingerprint density at radius 2 is 1.80 bits per heavy atom. The summed E-state index contributed by atoms with van der Waals surface area (Å²) in [6, 6.07) is 0.218. The van der Waals surface area contributed by atoms with Crippen molar-refractivity contribution in [3.8, 4) is 0 Å². The molecule has 3 fully saturated rings. The number of thioether (sulfide) groups is 1. The van der Waals surface area contributed by atoms with Crippen LogP contribution in [-0.2, 0) is 9.53 Å². The number of alkyl halides is 1. The van der Waals surface area contributed by atoms with Gasteiger partial charge in [0.2, 0.25) is 5.91 Å². The topological polar surface area (TPSA) is 29.5 Å². The van der Waals surface area contributed by atoms with E-state index in [1.165, 1.54) is 31.4 Å². The summed E-state index contributed by atoms with van der Waals surface area (Å²) >= 11 is 1.99. The number of ether oxygens (including phenoxy) is 1. The van der Waals surface area contributed by atoms with Crippen LogP contribution >= 0.6 is 11.8 Å². The van der Waals surface area contributed by atoms with Crippen molar-refractivity contribution in [2.24, 2.45) is 5.92 Å². The first-order valence-corrected chi connectivity index (χ1v) is 11.3. The van der Waals surface area contributed by atoms with Crippen LogP contribution in [0.3, 0.4) is 0 Å². The molecule has 1 unspecified atom stereocenters. The fourth-order valence-electron chi connectivity index (χ4n) is 4.48. The molecule has 0 aromatic heterocycles. The van der Waals surface area contributed by atoms with E-state index in [9.17, 15) is 9.18 Å². The summed E-state index contributed by atoms with van der Waals surface area (Å²) in [6.07, 6.45) is 9.46. The lowest BCUT2D eigenvalue weighted by atomic mass is 9.89. The Morgan fingerprint density at radius 3 is 2.44 bits per heavy atom. The molecule has 0 N–H and O–H groups in total. The van der Waals surface area contributed by atoms with Gasteiger partial charge in [-0.05, 0) is 75.9 Å². The first-order chi connectivity index (χ1) is 12.1. The molecular formula is C20H34FNO2S. The van der Waals surface area contributed by atoms with E-state index in [0.29, 0.717) is 18.1 Å². The average Bonchev–Trinajstić information content (AvgIpc) is 3.13. The number of hydrogen-bond donors (Lipinski definition) is 0. The molecule has 3 rings (SSSR count). The molecule has 0 aromatic rings. The molecule has 3 aliphatic rings. The minimum atomic E-state index is -0.672. The molecule has 1 heterocycles. The maximum absolute atomic E-state index is 13.5. The first-order valence-electron chi connectivity index (χ1n) is 10.3. The van der Waals surface area contributed by atoms with Gasteiger partial charge in [0.1, 0.15) is 12.8 Å². The van der Waals surface area contributed by atoms with Gasteiger partial charge >= 0.3 is 0 Å². The van der Waals surface area contributed by atoms with Crippen molar-refractivity contribution < 1.29 is 13.9 Å². The van der Waals surface area contributed by atoms with Crippen molar-refractivity contribution in [2.45, 2.75) is 94.7 Å². The summed E-state index contributed by atoms with van der Waals surface area (Å²) < 4.78 is 19.5. The summed E-state index contributed by atoms with van der Waals surface area (Å²) in [6.45, 7) is 3.34. The third kappa shape index (κ3) is 5.85. The summed E-state index contributed by atoms with van der Waals surface area (Å²) in [5, 5.41) is 0.558. The third-order valence-corrected chi connectivity index (χ3v) is 7.60. The second-order valence-electron chi connectivity index (χ2n) is 8.28. The molecule has 25 heavy (non-hydrogen) atoms. The van der Waals surface area contributed by atoms with E-state index in [-0.39, 0.29) is 24.7 Å². The average molecular weight is 372 g/mol. The van der Waals surface area contributed by atoms with Gasteiger partial charge in [0.15, 0.2) is 0 Å². The number of carbonyl (C=O) groups excluding carboxylic acids is 1. The lowest BCUT2D eigenvalue weighted by Crippen LogP contribution is -2.47. The summed E-state index contributed by atoms with van der Waals surface area (Å²) in [5.41, 5.74) is 0. The number of carbonyl (C=O) groups is 1. The Bertz CT molecular complexity index is 414. The summed E-state index contributed by atoms with van der Waals surface area (Å²) in [4.78, 5) is 15.0. The largest absolute Gasteiger partial charge is 0.368 e. The summed E-state index contributed by atoms with van der Waals surface area (Å²) in [5.74, 6) is 2.14. The number of rotatable bonds is 6. The first kappa shape index (κ1) is 19.5. The molecule has 1 aliphatic heterocycles. The molecule has 2 aliphatic carbocycles. The highest BCUT2D eigenvalue weighted by molar-refractivity contribution is 8.00. The van der Waals surface area contributed by atoms with Gasteiger partial charge in [-0.15, -0.1) is 0 Å². The molecule has 5 heteroatoms. The molecule has 0 spiro atoms. The van der Waals surface area contributed by atoms with Crippen LogP contribution in [-0.4, -0.2) is 53.3 Å². The molecule has 0 aromatic carbocycles. The number of hydrogen-bond acceptors (Lipinski definition) is 3. The number of halogens is 1. The predicted molar refractivity (Wildman–Crippen MR) is 102 cm³/mol. The molecule has 1 saturated heterocycles. The molecule has 1 amide bonds. The zero-order valence-electron chi connectivity index (χ0n) is 15.6. The van der Waals surface area contributed by atoms with E-state index in [0.717, 1.165) is 38.1 Å². The van der Waals surface area contributed by atoms with Gasteiger partial charge in [-0.25, -0.2) is 4.39 Å². The van der Waals surface area contributed by atoms with Crippen LogP contribution in [0.25, 0.3) is 0 Å². The SMILES string of the molecule is CC1CCC(OCC(=O)N(CC2CCCS2)C2CCC(F)CC2)CC1. The van der Waals surface area contributed by atoms with Crippen molar-refractivity contribution in [3.63, 3.8) is 0 Å². The zero-order chi connectivity index (χ0) is 17.6. The second-order valence-corrected chi connectivity index (χ2v) is 9.69. The van der Waals surface area contributed by atoms with E-state index in [4.69, 9.17) is 4.74 Å². The minimum absolute atomic E-state index is 0.133. The lowest BCUT2D eigenvalue weighted by Gasteiger charge is -2.37. The summed E-state index contributed by atoms with van der Waals surface area (Å²) in [7, 11) is 0. The monoisotopic (exact) mass is 371 g/mol. The van der Waals surface area contributed by atoms with Crippen molar-refractivity contribution in [2.75, 3.05) is 18.9 Å². The Labute approximate surface area is 156 Å². The van der Waals surface area contributed by atoms with Gasteiger partial charge in [-0.1, -0.05) is 6.92 Å². The van der Waals surface area contributed by atoms with Crippen LogP contribution in [0.5, 0.6) is 0 Å². The highest BCUT2D eigenvalue weighted by Gasteiger charge is 2.32. The van der Waals surface area contributed by atoms with Crippen LogP contribution in [0.4, 0.5) is 4.39 Å². The molecule has 2 saturated carbocycles. The van der Waals surface area contributed by atoms with Crippen LogP contribution in [0, 0.1) is 5.92 Å². The quantitative estimate of drug-likeness (QED) is 0.684. The fourth-order valence-corrected chi connectivity index (χ4v) is 5.74. The van der Waals surface area contributed by atoms with Crippen LogP contribution in [0.2, 0.25) is 0 Å². The highest BCUT2D eigenvalue weighted by Crippen LogP contribution is 2.31. The van der Waals surface area contributed by atoms with E-state index < -0.39 is 6.17 Å². The van der Waals surface area contributed by atoms with E-state index in [1.54, 1.807) is 0 Å². The lowest BCUT2D eigenvalue weighted by molar-refractivity contribution is -0.142. The Morgan fingerprint density at radius 1 is 1.08 bits per heavy atom. The minimum Gasteiger partial charge on any atom is -0.368 e. The smallest absolute Gasteiger partial charge is 0.248 e. The second kappa shape index (κ2) is 9.59. The van der Waals surface area contributed by atoms with Gasteiger partial charge in [0.25, 0.3) is 0 Å². The van der Waals surface area contributed by atoms with Crippen LogP contribution in [0.15, 0.2) is 0 Å². The predicted octanol–water partition coefficient (Wildman–Crippen LogP) is 4.59. The Kier molecular flexibility index (Phi) is 7.47. The molecule has 0 bridgehead atoms.